The van der Waals surface area contributed by atoms with Crippen LogP contribution in [0.3, 0.4) is 0 Å². The third-order valence-corrected chi connectivity index (χ3v) is 3.82. The number of hydrogen-bond donors (Lipinski definition) is 2. The summed E-state index contributed by atoms with van der Waals surface area (Å²) in [6.07, 6.45) is 2.68. The van der Waals surface area contributed by atoms with Crippen LogP contribution in [-0.4, -0.2) is 63.3 Å². The molecule has 1 unspecified atom stereocenters. The van der Waals surface area contributed by atoms with E-state index in [4.69, 9.17) is 4.74 Å². The fourth-order valence-electron chi connectivity index (χ4n) is 2.73. The van der Waals surface area contributed by atoms with E-state index in [2.05, 4.69) is 48.2 Å². The Labute approximate surface area is 136 Å². The fourth-order valence-corrected chi connectivity index (χ4v) is 2.73. The van der Waals surface area contributed by atoms with Crippen molar-refractivity contribution in [1.29, 1.82) is 0 Å². The van der Waals surface area contributed by atoms with Crippen LogP contribution in [-0.2, 0) is 4.74 Å². The van der Waals surface area contributed by atoms with Crippen molar-refractivity contribution in [3.8, 4) is 0 Å². The molecule has 1 saturated heterocycles. The number of rotatable bonds is 8. The SMILES string of the molecule is CN=C(NCCCC(C)C)NCC1CN(CC(C)C)CCO1. The molecule has 1 fully saturated rings. The maximum Gasteiger partial charge on any atom is 0.191 e. The molecule has 1 aliphatic heterocycles. The third-order valence-electron chi connectivity index (χ3n) is 3.82. The summed E-state index contributed by atoms with van der Waals surface area (Å²) < 4.78 is 5.85. The van der Waals surface area contributed by atoms with E-state index < -0.39 is 0 Å². The first kappa shape index (κ1) is 19.2. The van der Waals surface area contributed by atoms with Gasteiger partial charge in [0.15, 0.2) is 5.96 Å². The summed E-state index contributed by atoms with van der Waals surface area (Å²) in [5, 5.41) is 6.77. The van der Waals surface area contributed by atoms with Gasteiger partial charge in [0.2, 0.25) is 0 Å². The molecular formula is C17H36N4O. The van der Waals surface area contributed by atoms with E-state index in [1.807, 2.05) is 7.05 Å². The van der Waals surface area contributed by atoms with Crippen LogP contribution in [0.1, 0.15) is 40.5 Å². The molecule has 5 heteroatoms. The van der Waals surface area contributed by atoms with Gasteiger partial charge in [0, 0.05) is 39.8 Å². The van der Waals surface area contributed by atoms with E-state index >= 15 is 0 Å². The van der Waals surface area contributed by atoms with Crippen LogP contribution in [0.15, 0.2) is 4.99 Å². The van der Waals surface area contributed by atoms with Gasteiger partial charge in [-0.05, 0) is 24.7 Å². The molecule has 0 spiro atoms. The number of aliphatic imine (C=N–C) groups is 1. The second kappa shape index (κ2) is 10.8. The Kier molecular flexibility index (Phi) is 9.48. The third kappa shape index (κ3) is 8.59. The first-order valence-electron chi connectivity index (χ1n) is 8.79. The van der Waals surface area contributed by atoms with Crippen molar-refractivity contribution in [3.63, 3.8) is 0 Å². The van der Waals surface area contributed by atoms with Gasteiger partial charge in [-0.2, -0.15) is 0 Å². The van der Waals surface area contributed by atoms with E-state index in [0.717, 1.165) is 51.2 Å². The quantitative estimate of drug-likeness (QED) is 0.408. The molecule has 22 heavy (non-hydrogen) atoms. The van der Waals surface area contributed by atoms with E-state index in [1.165, 1.54) is 12.8 Å². The highest BCUT2D eigenvalue weighted by Crippen LogP contribution is 2.07. The number of nitrogens with one attached hydrogen (secondary N) is 2. The lowest BCUT2D eigenvalue weighted by Gasteiger charge is -2.34. The van der Waals surface area contributed by atoms with Gasteiger partial charge in [-0.25, -0.2) is 0 Å². The van der Waals surface area contributed by atoms with E-state index in [1.54, 1.807) is 0 Å². The predicted octanol–water partition coefficient (Wildman–Crippen LogP) is 1.94. The highest BCUT2D eigenvalue weighted by atomic mass is 16.5. The minimum absolute atomic E-state index is 0.252. The van der Waals surface area contributed by atoms with Crippen molar-refractivity contribution in [2.45, 2.75) is 46.6 Å². The summed E-state index contributed by atoms with van der Waals surface area (Å²) in [6, 6.07) is 0. The first-order chi connectivity index (χ1) is 10.5. The zero-order valence-corrected chi connectivity index (χ0v) is 15.2. The molecule has 1 heterocycles. The van der Waals surface area contributed by atoms with Crippen LogP contribution in [0.5, 0.6) is 0 Å². The van der Waals surface area contributed by atoms with Crippen LogP contribution < -0.4 is 10.6 Å². The Hall–Kier alpha value is -0.810. The molecular weight excluding hydrogens is 276 g/mol. The molecule has 5 nitrogen and oxygen atoms in total. The Morgan fingerprint density at radius 2 is 2.00 bits per heavy atom. The highest BCUT2D eigenvalue weighted by molar-refractivity contribution is 5.79. The van der Waals surface area contributed by atoms with Gasteiger partial charge >= 0.3 is 0 Å². The van der Waals surface area contributed by atoms with Crippen LogP contribution in [0.4, 0.5) is 0 Å². The lowest BCUT2D eigenvalue weighted by molar-refractivity contribution is -0.0284. The molecule has 1 aliphatic rings. The van der Waals surface area contributed by atoms with Crippen molar-refractivity contribution in [2.24, 2.45) is 16.8 Å². The van der Waals surface area contributed by atoms with Crippen molar-refractivity contribution < 1.29 is 4.74 Å². The van der Waals surface area contributed by atoms with Gasteiger partial charge in [-0.15, -0.1) is 0 Å². The summed E-state index contributed by atoms with van der Waals surface area (Å²) >= 11 is 0. The monoisotopic (exact) mass is 312 g/mol. The second-order valence-electron chi connectivity index (χ2n) is 7.06. The molecule has 0 amide bonds. The molecule has 1 atom stereocenters. The Morgan fingerprint density at radius 3 is 2.64 bits per heavy atom. The van der Waals surface area contributed by atoms with E-state index in [-0.39, 0.29) is 6.10 Å². The molecule has 0 radical (unpaired) electrons. The zero-order chi connectivity index (χ0) is 16.4. The molecule has 0 aromatic rings. The lowest BCUT2D eigenvalue weighted by atomic mass is 10.1. The van der Waals surface area contributed by atoms with Crippen molar-refractivity contribution >= 4 is 5.96 Å². The molecule has 0 aromatic heterocycles. The molecule has 130 valence electrons. The van der Waals surface area contributed by atoms with Gasteiger partial charge in [-0.1, -0.05) is 27.7 Å². The number of guanidine groups is 1. The summed E-state index contributed by atoms with van der Waals surface area (Å²) in [5.41, 5.74) is 0. The summed E-state index contributed by atoms with van der Waals surface area (Å²) in [4.78, 5) is 6.78. The van der Waals surface area contributed by atoms with Crippen LogP contribution >= 0.6 is 0 Å². The molecule has 1 rings (SSSR count). The zero-order valence-electron chi connectivity index (χ0n) is 15.2. The Morgan fingerprint density at radius 1 is 1.23 bits per heavy atom. The van der Waals surface area contributed by atoms with Gasteiger partial charge in [0.05, 0.1) is 12.7 Å². The van der Waals surface area contributed by atoms with Crippen molar-refractivity contribution in [1.82, 2.24) is 15.5 Å². The minimum atomic E-state index is 0.252. The summed E-state index contributed by atoms with van der Waals surface area (Å²) in [6.45, 7) is 14.9. The molecule has 0 aliphatic carbocycles. The summed E-state index contributed by atoms with van der Waals surface area (Å²) in [7, 11) is 1.82. The average Bonchev–Trinajstić information content (AvgIpc) is 2.46. The average molecular weight is 313 g/mol. The minimum Gasteiger partial charge on any atom is -0.374 e. The Bertz CT molecular complexity index is 318. The molecule has 0 bridgehead atoms. The highest BCUT2D eigenvalue weighted by Gasteiger charge is 2.20. The first-order valence-corrected chi connectivity index (χ1v) is 8.79. The van der Waals surface area contributed by atoms with E-state index in [9.17, 15) is 0 Å². The maximum absolute atomic E-state index is 5.85. The van der Waals surface area contributed by atoms with Crippen LogP contribution in [0, 0.1) is 11.8 Å². The van der Waals surface area contributed by atoms with Gasteiger partial charge in [-0.3, -0.25) is 9.89 Å². The number of nitrogens with zero attached hydrogens (tertiary/aromatic N) is 2. The van der Waals surface area contributed by atoms with Gasteiger partial charge < -0.3 is 15.4 Å². The largest absolute Gasteiger partial charge is 0.374 e. The van der Waals surface area contributed by atoms with Crippen molar-refractivity contribution in [3.05, 3.63) is 0 Å². The second-order valence-corrected chi connectivity index (χ2v) is 7.06. The van der Waals surface area contributed by atoms with Gasteiger partial charge in [0.25, 0.3) is 0 Å². The molecule has 2 N–H and O–H groups in total. The fraction of sp³-hybridized carbons (Fsp3) is 0.941. The lowest BCUT2D eigenvalue weighted by Crippen LogP contribution is -2.50. The predicted molar refractivity (Wildman–Crippen MR) is 94.5 cm³/mol. The standard InChI is InChI=1S/C17H36N4O/c1-14(2)7-6-8-19-17(18-5)20-11-16-13-21(9-10-22-16)12-15(3)4/h14-16H,6-13H2,1-5H3,(H2,18,19,20). The normalized spacial score (nSPS) is 20.7. The molecule has 0 saturated carbocycles. The molecule has 0 aromatic carbocycles. The Balaban J connectivity index is 2.22. The smallest absolute Gasteiger partial charge is 0.191 e. The van der Waals surface area contributed by atoms with Crippen molar-refractivity contribution in [2.75, 3.05) is 46.4 Å². The van der Waals surface area contributed by atoms with E-state index in [0.29, 0.717) is 5.92 Å². The van der Waals surface area contributed by atoms with Crippen LogP contribution in [0.25, 0.3) is 0 Å². The summed E-state index contributed by atoms with van der Waals surface area (Å²) in [5.74, 6) is 2.36. The van der Waals surface area contributed by atoms with Gasteiger partial charge in [0.1, 0.15) is 0 Å². The number of hydrogen-bond acceptors (Lipinski definition) is 3. The van der Waals surface area contributed by atoms with Crippen LogP contribution in [0.2, 0.25) is 0 Å². The number of ether oxygens (including phenoxy) is 1. The number of morpholine rings is 1. The maximum atomic E-state index is 5.85. The topological polar surface area (TPSA) is 48.9 Å².